The number of anilines is 1. The summed E-state index contributed by atoms with van der Waals surface area (Å²) in [5.41, 5.74) is 1.50. The van der Waals surface area contributed by atoms with E-state index in [9.17, 15) is 14.0 Å². The third-order valence-electron chi connectivity index (χ3n) is 4.51. The van der Waals surface area contributed by atoms with Crippen LogP contribution in [0.5, 0.6) is 0 Å². The maximum absolute atomic E-state index is 13.8. The Morgan fingerprint density at radius 2 is 1.97 bits per heavy atom. The highest BCUT2D eigenvalue weighted by Crippen LogP contribution is 2.22. The molecular formula is C21H21ClFN5O2S. The first kappa shape index (κ1) is 22.8. The van der Waals surface area contributed by atoms with Crippen molar-refractivity contribution in [3.8, 4) is 0 Å². The number of carbonyl (C=O) groups excluding carboxylic acids is 2. The van der Waals surface area contributed by atoms with Crippen LogP contribution >= 0.6 is 23.4 Å². The zero-order chi connectivity index (χ0) is 22.5. The number of halogens is 2. The molecule has 0 fully saturated rings. The number of rotatable bonds is 7. The molecule has 0 bridgehead atoms. The normalized spacial score (nSPS) is 11.8. The van der Waals surface area contributed by atoms with E-state index in [2.05, 4.69) is 20.8 Å². The van der Waals surface area contributed by atoms with Crippen molar-refractivity contribution >= 4 is 40.9 Å². The van der Waals surface area contributed by atoms with Gasteiger partial charge in [0.15, 0.2) is 11.0 Å². The molecule has 1 aromatic heterocycles. The molecule has 0 spiro atoms. The van der Waals surface area contributed by atoms with Crippen LogP contribution in [0.15, 0.2) is 47.6 Å². The Labute approximate surface area is 188 Å². The Kier molecular flexibility index (Phi) is 7.29. The molecular weight excluding hydrogens is 441 g/mol. The van der Waals surface area contributed by atoms with Gasteiger partial charge in [-0.1, -0.05) is 41.6 Å². The number of benzene rings is 2. The molecule has 1 atom stereocenters. The maximum Gasteiger partial charge on any atom is 0.254 e. The molecule has 0 aliphatic rings. The van der Waals surface area contributed by atoms with Crippen molar-refractivity contribution in [3.05, 3.63) is 70.3 Å². The summed E-state index contributed by atoms with van der Waals surface area (Å²) >= 11 is 7.29. The van der Waals surface area contributed by atoms with Crippen LogP contribution < -0.4 is 10.6 Å². The van der Waals surface area contributed by atoms with Crippen molar-refractivity contribution in [2.75, 3.05) is 11.1 Å². The van der Waals surface area contributed by atoms with Crippen molar-refractivity contribution in [2.24, 2.45) is 7.05 Å². The quantitative estimate of drug-likeness (QED) is 0.516. The van der Waals surface area contributed by atoms with Gasteiger partial charge in [0.05, 0.1) is 17.4 Å². The van der Waals surface area contributed by atoms with Gasteiger partial charge in [-0.2, -0.15) is 0 Å². The highest BCUT2D eigenvalue weighted by atomic mass is 35.5. The first-order valence-corrected chi connectivity index (χ1v) is 10.8. The minimum Gasteiger partial charge on any atom is -0.342 e. The minimum absolute atomic E-state index is 0.0426. The Bertz CT molecular complexity index is 1120. The molecule has 1 heterocycles. The Balaban J connectivity index is 1.59. The third-order valence-corrected chi connectivity index (χ3v) is 5.94. The third kappa shape index (κ3) is 5.62. The summed E-state index contributed by atoms with van der Waals surface area (Å²) in [6, 6.07) is 10.5. The Morgan fingerprint density at radius 1 is 1.23 bits per heavy atom. The van der Waals surface area contributed by atoms with Gasteiger partial charge in [0.25, 0.3) is 5.91 Å². The fourth-order valence-electron chi connectivity index (χ4n) is 2.81. The van der Waals surface area contributed by atoms with E-state index in [-0.39, 0.29) is 17.2 Å². The molecule has 0 saturated heterocycles. The largest absolute Gasteiger partial charge is 0.342 e. The van der Waals surface area contributed by atoms with Gasteiger partial charge in [-0.05, 0) is 43.7 Å². The van der Waals surface area contributed by atoms with E-state index >= 15 is 0 Å². The van der Waals surface area contributed by atoms with Crippen LogP contribution in [0.4, 0.5) is 10.1 Å². The smallest absolute Gasteiger partial charge is 0.254 e. The van der Waals surface area contributed by atoms with Crippen molar-refractivity contribution in [3.63, 3.8) is 0 Å². The summed E-state index contributed by atoms with van der Waals surface area (Å²) in [6.07, 6.45) is 0. The molecule has 2 amide bonds. The molecule has 3 rings (SSSR count). The number of aromatic nitrogens is 3. The number of aryl methyl sites for hydroxylation is 1. The number of hydrogen-bond donors (Lipinski definition) is 2. The number of nitrogens with one attached hydrogen (secondary N) is 2. The highest BCUT2D eigenvalue weighted by Gasteiger charge is 2.20. The summed E-state index contributed by atoms with van der Waals surface area (Å²) < 4.78 is 15.5. The van der Waals surface area contributed by atoms with Gasteiger partial charge in [-0.25, -0.2) is 4.39 Å². The molecule has 7 nitrogen and oxygen atoms in total. The molecule has 31 heavy (non-hydrogen) atoms. The number of amides is 2. The zero-order valence-corrected chi connectivity index (χ0v) is 18.7. The fraction of sp³-hybridized carbons (Fsp3) is 0.238. The summed E-state index contributed by atoms with van der Waals surface area (Å²) in [7, 11) is 1.74. The van der Waals surface area contributed by atoms with Gasteiger partial charge >= 0.3 is 0 Å². The average Bonchev–Trinajstić information content (AvgIpc) is 3.10. The Morgan fingerprint density at radius 3 is 2.68 bits per heavy atom. The standard InChI is InChI=1S/C21H21ClFN5O2S/c1-12-8-9-14(10-16(12)22)25-18(29)11-31-21-27-26-19(28(21)3)13(2)24-20(30)15-6-4-5-7-17(15)23/h4-10,13H,11H2,1-3H3,(H,24,30)(H,25,29). The van der Waals surface area contributed by atoms with Crippen molar-refractivity contribution in [1.82, 2.24) is 20.1 Å². The number of nitrogens with zero attached hydrogens (tertiary/aromatic N) is 3. The minimum atomic E-state index is -0.595. The van der Waals surface area contributed by atoms with Gasteiger partial charge in [0, 0.05) is 17.8 Å². The predicted molar refractivity (Wildman–Crippen MR) is 119 cm³/mol. The van der Waals surface area contributed by atoms with Gasteiger partial charge in [0.2, 0.25) is 5.91 Å². The predicted octanol–water partition coefficient (Wildman–Crippen LogP) is 4.14. The lowest BCUT2D eigenvalue weighted by Crippen LogP contribution is -2.29. The van der Waals surface area contributed by atoms with Gasteiger partial charge in [-0.15, -0.1) is 10.2 Å². The summed E-state index contributed by atoms with van der Waals surface area (Å²) in [4.78, 5) is 24.6. The van der Waals surface area contributed by atoms with Crippen LogP contribution in [0.25, 0.3) is 0 Å². The van der Waals surface area contributed by atoms with Crippen LogP contribution in [0.1, 0.15) is 34.7 Å². The van der Waals surface area contributed by atoms with Gasteiger partial charge in [-0.3, -0.25) is 9.59 Å². The fourth-order valence-corrected chi connectivity index (χ4v) is 3.71. The zero-order valence-electron chi connectivity index (χ0n) is 17.1. The first-order valence-electron chi connectivity index (χ1n) is 9.39. The molecule has 3 aromatic rings. The van der Waals surface area contributed by atoms with E-state index < -0.39 is 17.8 Å². The van der Waals surface area contributed by atoms with Gasteiger partial charge < -0.3 is 15.2 Å². The van der Waals surface area contributed by atoms with E-state index in [4.69, 9.17) is 11.6 Å². The second-order valence-electron chi connectivity index (χ2n) is 6.88. The Hall–Kier alpha value is -2.91. The molecule has 2 aromatic carbocycles. The lowest BCUT2D eigenvalue weighted by Gasteiger charge is -2.14. The lowest BCUT2D eigenvalue weighted by atomic mass is 10.2. The summed E-state index contributed by atoms with van der Waals surface area (Å²) in [5.74, 6) is -0.748. The summed E-state index contributed by atoms with van der Waals surface area (Å²) in [6.45, 7) is 3.61. The molecule has 0 saturated carbocycles. The van der Waals surface area contributed by atoms with E-state index in [1.165, 1.54) is 30.0 Å². The molecule has 162 valence electrons. The molecule has 10 heteroatoms. The molecule has 1 unspecified atom stereocenters. The molecule has 0 aliphatic carbocycles. The van der Waals surface area contributed by atoms with E-state index in [1.807, 2.05) is 13.0 Å². The van der Waals surface area contributed by atoms with E-state index in [0.717, 1.165) is 5.56 Å². The lowest BCUT2D eigenvalue weighted by molar-refractivity contribution is -0.113. The second kappa shape index (κ2) is 9.93. The highest BCUT2D eigenvalue weighted by molar-refractivity contribution is 7.99. The van der Waals surface area contributed by atoms with Crippen LogP contribution in [0.2, 0.25) is 5.02 Å². The van der Waals surface area contributed by atoms with Crippen LogP contribution in [-0.4, -0.2) is 32.3 Å². The second-order valence-corrected chi connectivity index (χ2v) is 8.23. The van der Waals surface area contributed by atoms with E-state index in [0.29, 0.717) is 21.7 Å². The number of carbonyl (C=O) groups is 2. The van der Waals surface area contributed by atoms with Crippen molar-refractivity contribution in [2.45, 2.75) is 25.0 Å². The maximum atomic E-state index is 13.8. The topological polar surface area (TPSA) is 88.9 Å². The van der Waals surface area contributed by atoms with Crippen molar-refractivity contribution in [1.29, 1.82) is 0 Å². The van der Waals surface area contributed by atoms with Crippen molar-refractivity contribution < 1.29 is 14.0 Å². The van der Waals surface area contributed by atoms with Crippen LogP contribution in [0.3, 0.4) is 0 Å². The molecule has 0 aliphatic heterocycles. The van der Waals surface area contributed by atoms with E-state index in [1.54, 1.807) is 36.7 Å². The van der Waals surface area contributed by atoms with Gasteiger partial charge in [0.1, 0.15) is 5.82 Å². The monoisotopic (exact) mass is 461 g/mol. The molecule has 2 N–H and O–H groups in total. The first-order chi connectivity index (χ1) is 14.8. The number of hydrogen-bond acceptors (Lipinski definition) is 5. The van der Waals surface area contributed by atoms with Crippen LogP contribution in [-0.2, 0) is 11.8 Å². The summed E-state index contributed by atoms with van der Waals surface area (Å²) in [5, 5.41) is 14.8. The van der Waals surface area contributed by atoms with Crippen LogP contribution in [0, 0.1) is 12.7 Å². The SMILES string of the molecule is Cc1ccc(NC(=O)CSc2nnc(C(C)NC(=O)c3ccccc3F)n2C)cc1Cl. The molecule has 0 radical (unpaired) electrons. The number of thioether (sulfide) groups is 1. The average molecular weight is 462 g/mol.